The second-order valence-electron chi connectivity index (χ2n) is 8.43. The first-order valence-electron chi connectivity index (χ1n) is 10.8. The molecule has 2 aromatic carbocycles. The Labute approximate surface area is 205 Å². The first-order chi connectivity index (χ1) is 15.9. The number of nitrogens with zero attached hydrogens (tertiary/aromatic N) is 4. The molecule has 0 aliphatic heterocycles. The molecule has 5 rings (SSSR count). The van der Waals surface area contributed by atoms with Crippen molar-refractivity contribution in [3.8, 4) is 11.3 Å². The standard InChI is InChI=1S/C25H23IN6O/c1-14(2)17-5-4-6-18(11-17)15(3)28-25(33)24-29-20-12-19-22(13-21(20)30-24)32(26)31-23(19)16-7-9-27-10-8-16/h4-15,31H,1-3H3,(H,28,33)/t15-/m1/s1. The molecule has 0 saturated heterocycles. The summed E-state index contributed by atoms with van der Waals surface area (Å²) < 4.78 is 1.92. The lowest BCUT2D eigenvalue weighted by atomic mass is 9.98. The molecule has 8 heteroatoms. The Morgan fingerprint density at radius 3 is 2.42 bits per heavy atom. The van der Waals surface area contributed by atoms with Crippen LogP contribution < -0.4 is 5.32 Å². The van der Waals surface area contributed by atoms with E-state index in [2.05, 4.69) is 74.2 Å². The fourth-order valence-electron chi connectivity index (χ4n) is 3.95. The molecule has 33 heavy (non-hydrogen) atoms. The average Bonchev–Trinajstić information content (AvgIpc) is 3.39. The predicted molar refractivity (Wildman–Crippen MR) is 138 cm³/mol. The highest BCUT2D eigenvalue weighted by Gasteiger charge is 2.19. The number of aromatic amines is 1. The molecule has 0 spiro atoms. The third-order valence-corrected chi connectivity index (χ3v) is 6.59. The molecule has 1 amide bonds. The van der Waals surface area contributed by atoms with Crippen molar-refractivity contribution in [3.05, 3.63) is 77.9 Å². The zero-order chi connectivity index (χ0) is 23.1. The molecular formula is C25H23IN6O. The number of carbonyl (C=O) groups excluding carboxylic acids is 1. The number of H-pyrrole nitrogens is 1. The van der Waals surface area contributed by atoms with Crippen molar-refractivity contribution < 1.29 is 4.79 Å². The number of nitrogens with one attached hydrogen (secondary N) is 2. The van der Waals surface area contributed by atoms with Crippen LogP contribution in [0.15, 0.2) is 60.9 Å². The van der Waals surface area contributed by atoms with E-state index in [1.165, 1.54) is 5.56 Å². The Bertz CT molecular complexity index is 1470. The molecule has 0 aliphatic carbocycles. The maximum atomic E-state index is 12.9. The Morgan fingerprint density at radius 2 is 1.70 bits per heavy atom. The number of amides is 1. The summed E-state index contributed by atoms with van der Waals surface area (Å²) in [6.45, 7) is 6.30. The number of rotatable bonds is 5. The first kappa shape index (κ1) is 21.6. The molecule has 0 fully saturated rings. The molecule has 0 unspecified atom stereocenters. The highest BCUT2D eigenvalue weighted by molar-refractivity contribution is 14.1. The van der Waals surface area contributed by atoms with Gasteiger partial charge in [-0.25, -0.2) is 12.9 Å². The van der Waals surface area contributed by atoms with E-state index in [0.717, 1.165) is 27.7 Å². The van der Waals surface area contributed by atoms with Gasteiger partial charge in [-0.1, -0.05) is 38.1 Å². The molecule has 2 N–H and O–H groups in total. The summed E-state index contributed by atoms with van der Waals surface area (Å²) in [5, 5.41) is 7.42. The minimum Gasteiger partial charge on any atom is -0.343 e. The first-order valence-corrected chi connectivity index (χ1v) is 11.8. The quantitative estimate of drug-likeness (QED) is 0.272. The number of pyridine rings is 1. The summed E-state index contributed by atoms with van der Waals surface area (Å²) in [4.78, 5) is 26.1. The molecule has 0 saturated carbocycles. The third kappa shape index (κ3) is 4.10. The minimum atomic E-state index is -0.281. The van der Waals surface area contributed by atoms with Crippen LogP contribution in [-0.4, -0.2) is 28.9 Å². The number of fused-ring (bicyclic) bond motifs is 2. The van der Waals surface area contributed by atoms with Gasteiger partial charge in [-0.2, -0.15) is 0 Å². The van der Waals surface area contributed by atoms with Gasteiger partial charge in [0.15, 0.2) is 0 Å². The van der Waals surface area contributed by atoms with Crippen molar-refractivity contribution in [3.63, 3.8) is 0 Å². The zero-order valence-electron chi connectivity index (χ0n) is 18.5. The van der Waals surface area contributed by atoms with Gasteiger partial charge in [-0.15, -0.1) is 0 Å². The smallest absolute Gasteiger partial charge is 0.289 e. The van der Waals surface area contributed by atoms with Crippen molar-refractivity contribution in [2.24, 2.45) is 0 Å². The summed E-state index contributed by atoms with van der Waals surface area (Å²) in [5.41, 5.74) is 6.66. The summed E-state index contributed by atoms with van der Waals surface area (Å²) in [6, 6.07) is 16.0. The van der Waals surface area contributed by atoms with Gasteiger partial charge >= 0.3 is 0 Å². The second kappa shape index (κ2) is 8.58. The number of imidazole rings is 1. The summed E-state index contributed by atoms with van der Waals surface area (Å²) in [6.07, 6.45) is 3.53. The van der Waals surface area contributed by atoms with E-state index in [-0.39, 0.29) is 17.8 Å². The molecule has 3 heterocycles. The van der Waals surface area contributed by atoms with Gasteiger partial charge in [0, 0.05) is 23.3 Å². The summed E-state index contributed by atoms with van der Waals surface area (Å²) >= 11 is 2.21. The van der Waals surface area contributed by atoms with Gasteiger partial charge in [0.2, 0.25) is 5.82 Å². The van der Waals surface area contributed by atoms with Crippen molar-refractivity contribution in [2.75, 3.05) is 0 Å². The molecule has 5 aromatic rings. The lowest BCUT2D eigenvalue weighted by Gasteiger charge is -2.15. The van der Waals surface area contributed by atoms with Gasteiger partial charge in [0.1, 0.15) is 0 Å². The number of aromatic nitrogens is 5. The average molecular weight is 550 g/mol. The van der Waals surface area contributed by atoms with Crippen LogP contribution >= 0.6 is 22.9 Å². The van der Waals surface area contributed by atoms with Crippen molar-refractivity contribution in [1.82, 2.24) is 28.3 Å². The lowest BCUT2D eigenvalue weighted by Crippen LogP contribution is -2.27. The highest BCUT2D eigenvalue weighted by Crippen LogP contribution is 2.31. The maximum Gasteiger partial charge on any atom is 0.289 e. The molecule has 3 aromatic heterocycles. The van der Waals surface area contributed by atoms with Crippen LogP contribution in [0.5, 0.6) is 0 Å². The van der Waals surface area contributed by atoms with E-state index in [1.54, 1.807) is 12.4 Å². The van der Waals surface area contributed by atoms with E-state index < -0.39 is 0 Å². The topological polar surface area (TPSA) is 88.5 Å². The largest absolute Gasteiger partial charge is 0.343 e. The van der Waals surface area contributed by atoms with Crippen LogP contribution in [0.2, 0.25) is 0 Å². The molecule has 0 aliphatic rings. The van der Waals surface area contributed by atoms with Gasteiger partial charge in [-0.05, 0) is 48.2 Å². The number of benzene rings is 2. The van der Waals surface area contributed by atoms with Crippen molar-refractivity contribution >= 4 is 50.7 Å². The van der Waals surface area contributed by atoms with E-state index >= 15 is 0 Å². The number of hydrogen-bond acceptors (Lipinski definition) is 4. The van der Waals surface area contributed by atoms with Gasteiger partial charge < -0.3 is 5.32 Å². The van der Waals surface area contributed by atoms with Crippen molar-refractivity contribution in [2.45, 2.75) is 32.7 Å². The normalized spacial score (nSPS) is 12.5. The Morgan fingerprint density at radius 1 is 1.00 bits per heavy atom. The Hall–Kier alpha value is -3.27. The highest BCUT2D eigenvalue weighted by atomic mass is 127. The van der Waals surface area contributed by atoms with Crippen LogP contribution in [0.25, 0.3) is 33.2 Å². The fourth-order valence-corrected chi connectivity index (χ4v) is 4.59. The van der Waals surface area contributed by atoms with Gasteiger partial charge in [-0.3, -0.25) is 14.9 Å². The van der Waals surface area contributed by atoms with Crippen LogP contribution in [-0.2, 0) is 0 Å². The van der Waals surface area contributed by atoms with E-state index in [9.17, 15) is 4.79 Å². The third-order valence-electron chi connectivity index (χ3n) is 5.83. The van der Waals surface area contributed by atoms with Crippen LogP contribution in [0.4, 0.5) is 0 Å². The Kier molecular flexibility index (Phi) is 5.61. The molecule has 0 radical (unpaired) electrons. The summed E-state index contributed by atoms with van der Waals surface area (Å²) in [5.74, 6) is 0.329. The van der Waals surface area contributed by atoms with Crippen LogP contribution in [0.3, 0.4) is 0 Å². The van der Waals surface area contributed by atoms with E-state index in [1.807, 2.05) is 46.2 Å². The van der Waals surface area contributed by atoms with Crippen LogP contribution in [0, 0.1) is 0 Å². The van der Waals surface area contributed by atoms with Crippen LogP contribution in [0.1, 0.15) is 54.5 Å². The molecule has 1 atom stereocenters. The predicted octanol–water partition coefficient (Wildman–Crippen LogP) is 5.79. The molecule has 166 valence electrons. The van der Waals surface area contributed by atoms with Gasteiger partial charge in [0.25, 0.3) is 5.91 Å². The number of hydrogen-bond donors (Lipinski definition) is 2. The molecule has 7 nitrogen and oxygen atoms in total. The zero-order valence-corrected chi connectivity index (χ0v) is 20.7. The fraction of sp³-hybridized carbons (Fsp3) is 0.200. The van der Waals surface area contributed by atoms with E-state index in [4.69, 9.17) is 0 Å². The lowest BCUT2D eigenvalue weighted by molar-refractivity contribution is 0.0930. The maximum absolute atomic E-state index is 12.9. The van der Waals surface area contributed by atoms with E-state index in [0.29, 0.717) is 17.0 Å². The SMILES string of the molecule is CC(C)c1cccc([C@@H](C)NC(=O)c2nc3cc4c(-c5ccncc5)[nH]n(I)c4cc3n2)c1. The summed E-state index contributed by atoms with van der Waals surface area (Å²) in [7, 11) is 0. The number of halogens is 1. The molecular weight excluding hydrogens is 527 g/mol. The van der Waals surface area contributed by atoms with Crippen molar-refractivity contribution in [1.29, 1.82) is 0 Å². The van der Waals surface area contributed by atoms with Gasteiger partial charge in [0.05, 0.1) is 51.2 Å². The number of carbonyl (C=O) groups is 1. The monoisotopic (exact) mass is 550 g/mol. The Balaban J connectivity index is 1.46. The molecule has 0 bridgehead atoms. The second-order valence-corrected chi connectivity index (χ2v) is 9.39. The minimum absolute atomic E-state index is 0.150.